The van der Waals surface area contributed by atoms with Gasteiger partial charge in [0.05, 0.1) is 6.20 Å². The normalized spacial score (nSPS) is 19.6. The van der Waals surface area contributed by atoms with E-state index in [1.54, 1.807) is 10.6 Å². The zero-order valence-electron chi connectivity index (χ0n) is 9.99. The van der Waals surface area contributed by atoms with Crippen molar-refractivity contribution in [2.75, 3.05) is 24.6 Å². The van der Waals surface area contributed by atoms with Gasteiger partial charge in [-0.25, -0.2) is 4.98 Å². The molecule has 18 heavy (non-hydrogen) atoms. The molecule has 0 aliphatic carbocycles. The second kappa shape index (κ2) is 4.42. The van der Waals surface area contributed by atoms with Crippen LogP contribution in [0, 0.1) is 5.92 Å². The smallest absolute Gasteiger partial charge is 0.168 e. The number of pyridine rings is 1. The van der Waals surface area contributed by atoms with Gasteiger partial charge in [-0.1, -0.05) is 0 Å². The first-order valence-corrected chi connectivity index (χ1v) is 6.10. The lowest BCUT2D eigenvalue weighted by Crippen LogP contribution is -2.20. The zero-order valence-corrected chi connectivity index (χ0v) is 9.99. The summed E-state index contributed by atoms with van der Waals surface area (Å²) in [5.41, 5.74) is 2.44. The number of aliphatic hydroxyl groups excluding tert-OH is 1. The molecule has 3 rings (SSSR count). The number of aromatic nitrogens is 2. The highest BCUT2D eigenvalue weighted by molar-refractivity contribution is 5.74. The van der Waals surface area contributed by atoms with Crippen LogP contribution in [0.4, 0.5) is 5.69 Å². The third kappa shape index (κ3) is 1.76. The molecule has 0 amide bonds. The van der Waals surface area contributed by atoms with E-state index in [-0.39, 0.29) is 6.61 Å². The van der Waals surface area contributed by atoms with E-state index in [2.05, 4.69) is 9.88 Å². The van der Waals surface area contributed by atoms with Gasteiger partial charge in [-0.2, -0.15) is 0 Å². The Hall–Kier alpha value is -1.88. The molecule has 0 aromatic carbocycles. The zero-order chi connectivity index (χ0) is 12.5. The Bertz CT molecular complexity index is 579. The molecule has 0 bridgehead atoms. The third-order valence-electron chi connectivity index (χ3n) is 3.56. The van der Waals surface area contributed by atoms with Crippen molar-refractivity contribution < 1.29 is 9.90 Å². The summed E-state index contributed by atoms with van der Waals surface area (Å²) in [7, 11) is 0. The van der Waals surface area contributed by atoms with Crippen molar-refractivity contribution in [2.24, 2.45) is 5.92 Å². The van der Waals surface area contributed by atoms with Crippen molar-refractivity contribution in [1.82, 2.24) is 9.38 Å². The van der Waals surface area contributed by atoms with Crippen LogP contribution in [0.25, 0.3) is 5.65 Å². The van der Waals surface area contributed by atoms with Crippen molar-refractivity contribution >= 4 is 17.6 Å². The number of imidazole rings is 1. The molecular formula is C13H15N3O2. The van der Waals surface area contributed by atoms with Gasteiger partial charge in [0.25, 0.3) is 0 Å². The first-order valence-electron chi connectivity index (χ1n) is 6.10. The second-order valence-electron chi connectivity index (χ2n) is 4.70. The van der Waals surface area contributed by atoms with Crippen LogP contribution in [0.1, 0.15) is 16.9 Å². The molecule has 1 atom stereocenters. The summed E-state index contributed by atoms with van der Waals surface area (Å²) < 4.78 is 1.77. The fourth-order valence-electron chi connectivity index (χ4n) is 2.49. The summed E-state index contributed by atoms with van der Waals surface area (Å²) in [5, 5.41) is 9.16. The minimum atomic E-state index is 0.247. The summed E-state index contributed by atoms with van der Waals surface area (Å²) in [6.45, 7) is 2.09. The van der Waals surface area contributed by atoms with Gasteiger partial charge in [0.15, 0.2) is 6.29 Å². The lowest BCUT2D eigenvalue weighted by molar-refractivity contribution is 0.111. The number of carbonyl (C=O) groups excluding carboxylic acids is 1. The predicted molar refractivity (Wildman–Crippen MR) is 68.0 cm³/mol. The Morgan fingerprint density at radius 1 is 1.56 bits per heavy atom. The Labute approximate surface area is 105 Å². The van der Waals surface area contributed by atoms with Gasteiger partial charge in [0, 0.05) is 43.6 Å². The number of hydrogen-bond acceptors (Lipinski definition) is 4. The minimum Gasteiger partial charge on any atom is -0.396 e. The van der Waals surface area contributed by atoms with Crippen LogP contribution < -0.4 is 4.90 Å². The fraction of sp³-hybridized carbons (Fsp3) is 0.385. The average Bonchev–Trinajstić information content (AvgIpc) is 3.04. The number of hydrogen-bond donors (Lipinski definition) is 1. The summed E-state index contributed by atoms with van der Waals surface area (Å²) in [6, 6.07) is 3.97. The van der Waals surface area contributed by atoms with Crippen molar-refractivity contribution in [3.63, 3.8) is 0 Å². The molecule has 1 fully saturated rings. The first kappa shape index (κ1) is 11.2. The maximum atomic E-state index is 10.8. The lowest BCUT2D eigenvalue weighted by Gasteiger charge is -2.18. The molecule has 1 N–H and O–H groups in total. The van der Waals surface area contributed by atoms with Crippen LogP contribution in [-0.2, 0) is 0 Å². The largest absolute Gasteiger partial charge is 0.396 e. The molecule has 0 saturated carbocycles. The standard InChI is InChI=1S/C13H15N3O2/c17-8-10-1-3-15(7-10)11-2-4-16-12(9-18)6-14-13(16)5-11/h2,4-6,9-10,17H,1,3,7-8H2. The maximum absolute atomic E-state index is 10.8. The molecule has 5 nitrogen and oxygen atoms in total. The number of nitrogens with zero attached hydrogens (tertiary/aromatic N) is 3. The predicted octanol–water partition coefficient (Wildman–Crippen LogP) is 0.965. The summed E-state index contributed by atoms with van der Waals surface area (Å²) in [5.74, 6) is 0.367. The maximum Gasteiger partial charge on any atom is 0.168 e. The van der Waals surface area contributed by atoms with Gasteiger partial charge >= 0.3 is 0 Å². The Kier molecular flexibility index (Phi) is 2.76. The van der Waals surface area contributed by atoms with Gasteiger partial charge in [-0.3, -0.25) is 9.20 Å². The number of anilines is 1. The van der Waals surface area contributed by atoms with E-state index >= 15 is 0 Å². The van der Waals surface area contributed by atoms with E-state index in [4.69, 9.17) is 5.11 Å². The fourth-order valence-corrected chi connectivity index (χ4v) is 2.49. The van der Waals surface area contributed by atoms with Crippen LogP contribution in [0.5, 0.6) is 0 Å². The number of carbonyl (C=O) groups is 1. The van der Waals surface area contributed by atoms with Crippen LogP contribution in [0.15, 0.2) is 24.5 Å². The summed E-state index contributed by atoms with van der Waals surface area (Å²) in [6.07, 6.45) is 5.27. The SMILES string of the molecule is O=Cc1cnc2cc(N3CCC(CO)C3)ccn12. The molecule has 1 aliphatic heterocycles. The van der Waals surface area contributed by atoms with Gasteiger partial charge in [-0.05, 0) is 12.5 Å². The Morgan fingerprint density at radius 2 is 2.44 bits per heavy atom. The van der Waals surface area contributed by atoms with Gasteiger partial charge in [0.2, 0.25) is 0 Å². The molecule has 1 unspecified atom stereocenters. The highest BCUT2D eigenvalue weighted by Gasteiger charge is 2.22. The van der Waals surface area contributed by atoms with Crippen LogP contribution in [0.2, 0.25) is 0 Å². The van der Waals surface area contributed by atoms with Crippen LogP contribution in [-0.4, -0.2) is 40.5 Å². The van der Waals surface area contributed by atoms with Gasteiger partial charge in [-0.15, -0.1) is 0 Å². The summed E-state index contributed by atoms with van der Waals surface area (Å²) in [4.78, 5) is 17.3. The molecular weight excluding hydrogens is 230 g/mol. The van der Waals surface area contributed by atoms with E-state index in [0.717, 1.165) is 37.1 Å². The summed E-state index contributed by atoms with van der Waals surface area (Å²) >= 11 is 0. The topological polar surface area (TPSA) is 57.8 Å². The van der Waals surface area contributed by atoms with E-state index in [9.17, 15) is 4.79 Å². The number of rotatable bonds is 3. The minimum absolute atomic E-state index is 0.247. The molecule has 5 heteroatoms. The highest BCUT2D eigenvalue weighted by atomic mass is 16.3. The molecule has 2 aromatic rings. The third-order valence-corrected chi connectivity index (χ3v) is 3.56. The monoisotopic (exact) mass is 245 g/mol. The van der Waals surface area contributed by atoms with Crippen molar-refractivity contribution in [2.45, 2.75) is 6.42 Å². The van der Waals surface area contributed by atoms with E-state index in [0.29, 0.717) is 11.6 Å². The van der Waals surface area contributed by atoms with E-state index in [1.807, 2.05) is 18.3 Å². The van der Waals surface area contributed by atoms with E-state index in [1.165, 1.54) is 0 Å². The highest BCUT2D eigenvalue weighted by Crippen LogP contribution is 2.24. The number of aldehydes is 1. The molecule has 0 radical (unpaired) electrons. The second-order valence-corrected chi connectivity index (χ2v) is 4.70. The molecule has 1 saturated heterocycles. The number of aliphatic hydroxyl groups is 1. The molecule has 0 spiro atoms. The molecule has 2 aromatic heterocycles. The molecule has 3 heterocycles. The molecule has 1 aliphatic rings. The van der Waals surface area contributed by atoms with E-state index < -0.39 is 0 Å². The van der Waals surface area contributed by atoms with Crippen LogP contribution in [0.3, 0.4) is 0 Å². The average molecular weight is 245 g/mol. The Balaban J connectivity index is 1.92. The number of fused-ring (bicyclic) bond motifs is 1. The van der Waals surface area contributed by atoms with Gasteiger partial charge in [0.1, 0.15) is 11.3 Å². The van der Waals surface area contributed by atoms with Gasteiger partial charge < -0.3 is 10.0 Å². The Morgan fingerprint density at radius 3 is 3.17 bits per heavy atom. The first-order chi connectivity index (χ1) is 8.81. The van der Waals surface area contributed by atoms with Crippen molar-refractivity contribution in [1.29, 1.82) is 0 Å². The van der Waals surface area contributed by atoms with Crippen molar-refractivity contribution in [3.8, 4) is 0 Å². The van der Waals surface area contributed by atoms with Crippen molar-refractivity contribution in [3.05, 3.63) is 30.2 Å². The quantitative estimate of drug-likeness (QED) is 0.818. The van der Waals surface area contributed by atoms with Crippen LogP contribution >= 0.6 is 0 Å². The molecule has 94 valence electrons. The lowest BCUT2D eigenvalue weighted by atomic mass is 10.1.